The van der Waals surface area contributed by atoms with Crippen molar-refractivity contribution in [2.24, 2.45) is 29.0 Å². The summed E-state index contributed by atoms with van der Waals surface area (Å²) in [6.45, 7) is 10.8. The molecule has 0 saturated carbocycles. The predicted octanol–water partition coefficient (Wildman–Crippen LogP) is 4.37. The van der Waals surface area contributed by atoms with E-state index in [4.69, 9.17) is 36.6 Å². The number of aryl methyl sites for hydroxylation is 2. The van der Waals surface area contributed by atoms with E-state index in [1.807, 2.05) is 30.3 Å². The molecule has 1 aliphatic heterocycles. The molecular formula is C53H68N8O9. The summed E-state index contributed by atoms with van der Waals surface area (Å²) in [5.74, 6) is -3.44. The zero-order valence-corrected chi connectivity index (χ0v) is 41.3. The maximum absolute atomic E-state index is 14.9. The van der Waals surface area contributed by atoms with Crippen molar-refractivity contribution in [1.82, 2.24) is 20.2 Å². The Morgan fingerprint density at radius 1 is 0.886 bits per heavy atom. The Labute approximate surface area is 410 Å². The largest absolute Gasteiger partial charge is 0.490 e. The molecule has 0 aliphatic carbocycles. The van der Waals surface area contributed by atoms with Crippen molar-refractivity contribution in [3.05, 3.63) is 94.3 Å². The van der Waals surface area contributed by atoms with Crippen LogP contribution in [0, 0.1) is 37.0 Å². The van der Waals surface area contributed by atoms with Crippen molar-refractivity contribution in [1.29, 1.82) is 5.26 Å². The molecule has 4 aromatic rings. The smallest absolute Gasteiger partial charge is 0.226 e. The molecule has 6 atom stereocenters. The molecule has 1 aromatic heterocycles. The third-order valence-corrected chi connectivity index (χ3v) is 12.5. The number of fused-ring (bicyclic) bond motifs is 5. The number of likely N-dealkylation sites (N-methyl/N-ethyl adjacent to an activating group) is 1. The minimum atomic E-state index is -1.33. The lowest BCUT2D eigenvalue weighted by atomic mass is 9.86. The van der Waals surface area contributed by atoms with E-state index in [1.165, 1.54) is 11.9 Å². The van der Waals surface area contributed by atoms with Crippen LogP contribution in [0.3, 0.4) is 0 Å². The average Bonchev–Trinajstić information content (AvgIpc) is 3.32. The summed E-state index contributed by atoms with van der Waals surface area (Å²) in [5, 5.41) is 32.9. The molecule has 2 unspecified atom stereocenters. The Bertz CT molecular complexity index is 2550. The maximum Gasteiger partial charge on any atom is 0.226 e. The molecular weight excluding hydrogens is 893 g/mol. The SMILES string of the molecule is Cc1nc(-c2ccc(C(C)(C)C)cc2)nc(C)c1C(=O)C[C@@H](CCN)C(=O)N(C)[C@@H]1C(=O)C[C@@H](C)C(=O)N[C@H](C(=O)CCC#N)Cc2ccc(OCC(O)CN)c(c2)-c2cc1ccc2OCC(O)CN. The summed E-state index contributed by atoms with van der Waals surface area (Å²) in [6, 6.07) is 17.4. The molecule has 0 radical (unpaired) electrons. The summed E-state index contributed by atoms with van der Waals surface area (Å²) in [6.07, 6.45) is -2.80. The highest BCUT2D eigenvalue weighted by molar-refractivity contribution is 6.01. The van der Waals surface area contributed by atoms with Crippen LogP contribution >= 0.6 is 0 Å². The number of rotatable bonds is 19. The standard InChI is InChI=1S/C53H68N8O9/c1-30-21-45(66)49(61(7)52(68)36(18-20-55)25-44(65)48-31(2)58-50(59-32(48)3)34-11-14-37(15-12-34)53(4,5)6)35-13-17-47(70-29-39(63)27-57)41(24-35)40-22-33(10-16-46(40)69-28-38(62)26-56)23-42(60-51(30)67)43(64)9-8-19-54/h10-17,22,24,30,36,38-39,42,49,62-63H,8-9,18,20-21,23,25-29,55-57H2,1-7H3,(H,60,67)/t30-,36-,38?,39?,42+,49+/m1/s1. The topological polar surface area (TPSA) is 287 Å². The molecule has 4 bridgehead atoms. The van der Waals surface area contributed by atoms with Crippen LogP contribution in [-0.2, 0) is 31.0 Å². The number of nitrogens with two attached hydrogens (primary N) is 3. The zero-order valence-electron chi connectivity index (χ0n) is 41.3. The van der Waals surface area contributed by atoms with E-state index in [-0.39, 0.29) is 99.6 Å². The van der Waals surface area contributed by atoms with Crippen molar-refractivity contribution < 1.29 is 43.7 Å². The first-order valence-electron chi connectivity index (χ1n) is 23.7. The van der Waals surface area contributed by atoms with Gasteiger partial charge in [0.15, 0.2) is 23.2 Å². The number of nitriles is 1. The van der Waals surface area contributed by atoms with Crippen molar-refractivity contribution in [2.45, 2.75) is 110 Å². The van der Waals surface area contributed by atoms with Gasteiger partial charge in [-0.25, -0.2) is 9.97 Å². The van der Waals surface area contributed by atoms with Gasteiger partial charge in [0.25, 0.3) is 0 Å². The Kier molecular flexibility index (Phi) is 19.0. The number of nitrogens with zero attached hydrogens (tertiary/aromatic N) is 4. The summed E-state index contributed by atoms with van der Waals surface area (Å²) in [5.41, 5.74) is 22.2. The van der Waals surface area contributed by atoms with Gasteiger partial charge in [0.1, 0.15) is 43.0 Å². The molecule has 374 valence electrons. The van der Waals surface area contributed by atoms with Gasteiger partial charge in [0.2, 0.25) is 11.8 Å². The zero-order chi connectivity index (χ0) is 51.4. The first kappa shape index (κ1) is 54.5. The molecule has 2 amide bonds. The van der Waals surface area contributed by atoms with Crippen LogP contribution in [0.15, 0.2) is 60.7 Å². The van der Waals surface area contributed by atoms with Crippen LogP contribution in [0.4, 0.5) is 0 Å². The van der Waals surface area contributed by atoms with Crippen LogP contribution < -0.4 is 32.0 Å². The van der Waals surface area contributed by atoms with E-state index in [0.29, 0.717) is 39.5 Å². The lowest BCUT2D eigenvalue weighted by molar-refractivity contribution is -0.142. The highest BCUT2D eigenvalue weighted by Gasteiger charge is 2.37. The van der Waals surface area contributed by atoms with Crippen LogP contribution in [0.5, 0.6) is 11.5 Å². The second-order valence-corrected chi connectivity index (χ2v) is 19.1. The number of aliphatic hydroxyl groups is 2. The lowest BCUT2D eigenvalue weighted by Crippen LogP contribution is -2.46. The number of Topliss-reactive ketones (excluding diaryl/α,β-unsaturated/α-hetero) is 3. The summed E-state index contributed by atoms with van der Waals surface area (Å²) in [7, 11) is 1.46. The van der Waals surface area contributed by atoms with Crippen LogP contribution in [0.2, 0.25) is 0 Å². The Balaban J connectivity index is 1.61. The van der Waals surface area contributed by atoms with Gasteiger partial charge in [-0.15, -0.1) is 0 Å². The fourth-order valence-electron chi connectivity index (χ4n) is 8.51. The average molecular weight is 961 g/mol. The summed E-state index contributed by atoms with van der Waals surface area (Å²) >= 11 is 0. The Morgan fingerprint density at radius 2 is 1.47 bits per heavy atom. The monoisotopic (exact) mass is 961 g/mol. The number of amides is 2. The van der Waals surface area contributed by atoms with Crippen molar-refractivity contribution >= 4 is 29.2 Å². The lowest BCUT2D eigenvalue weighted by Gasteiger charge is -2.32. The van der Waals surface area contributed by atoms with Crippen LogP contribution in [0.25, 0.3) is 22.5 Å². The number of hydrogen-bond acceptors (Lipinski definition) is 15. The van der Waals surface area contributed by atoms with E-state index in [2.05, 4.69) is 26.1 Å². The minimum absolute atomic E-state index is 0.0129. The van der Waals surface area contributed by atoms with Crippen molar-refractivity contribution in [3.8, 4) is 40.1 Å². The maximum atomic E-state index is 14.9. The van der Waals surface area contributed by atoms with E-state index in [1.54, 1.807) is 57.2 Å². The van der Waals surface area contributed by atoms with Gasteiger partial charge in [-0.3, -0.25) is 24.0 Å². The number of benzene rings is 3. The molecule has 9 N–H and O–H groups in total. The van der Waals surface area contributed by atoms with Gasteiger partial charge in [0.05, 0.1) is 29.1 Å². The Morgan fingerprint density at radius 3 is 2.03 bits per heavy atom. The number of nitrogens with one attached hydrogen (secondary N) is 1. The molecule has 3 aromatic carbocycles. The summed E-state index contributed by atoms with van der Waals surface area (Å²) < 4.78 is 12.3. The highest BCUT2D eigenvalue weighted by atomic mass is 16.5. The normalized spacial score (nSPS) is 17.6. The Hall–Kier alpha value is -6.42. The fourth-order valence-corrected chi connectivity index (χ4v) is 8.51. The van der Waals surface area contributed by atoms with Crippen LogP contribution in [-0.4, -0.2) is 112 Å². The third-order valence-electron chi connectivity index (χ3n) is 12.5. The highest BCUT2D eigenvalue weighted by Crippen LogP contribution is 2.41. The van der Waals surface area contributed by atoms with Crippen molar-refractivity contribution in [2.75, 3.05) is 39.9 Å². The summed E-state index contributed by atoms with van der Waals surface area (Å²) in [4.78, 5) is 82.2. The second kappa shape index (κ2) is 24.4. The van der Waals surface area contributed by atoms with Gasteiger partial charge < -0.3 is 47.1 Å². The number of aromatic nitrogens is 2. The number of carbonyl (C=O) groups is 5. The van der Waals surface area contributed by atoms with Gasteiger partial charge in [-0.05, 0) is 79.6 Å². The molecule has 0 fully saturated rings. The third kappa shape index (κ3) is 13.7. The molecule has 17 nitrogen and oxygen atoms in total. The number of hydrogen-bond donors (Lipinski definition) is 6. The number of ether oxygens (including phenoxy) is 2. The van der Waals surface area contributed by atoms with Gasteiger partial charge in [-0.1, -0.05) is 64.1 Å². The molecule has 2 heterocycles. The second-order valence-electron chi connectivity index (χ2n) is 19.1. The van der Waals surface area contributed by atoms with Gasteiger partial charge in [0, 0.05) is 74.3 Å². The van der Waals surface area contributed by atoms with E-state index < -0.39 is 59.5 Å². The molecule has 0 spiro atoms. The van der Waals surface area contributed by atoms with E-state index in [0.717, 1.165) is 11.1 Å². The number of carbonyl (C=O) groups excluding carboxylic acids is 5. The van der Waals surface area contributed by atoms with Crippen LogP contribution in [0.1, 0.15) is 104 Å². The molecule has 1 aliphatic rings. The number of aliphatic hydroxyl groups excluding tert-OH is 2. The molecule has 0 saturated heterocycles. The number of ketones is 3. The molecule has 17 heteroatoms. The first-order chi connectivity index (χ1) is 33.2. The van der Waals surface area contributed by atoms with E-state index in [9.17, 15) is 39.4 Å². The molecule has 70 heavy (non-hydrogen) atoms. The first-order valence-corrected chi connectivity index (χ1v) is 23.7. The minimum Gasteiger partial charge on any atom is -0.490 e. The van der Waals surface area contributed by atoms with Gasteiger partial charge in [-0.2, -0.15) is 5.26 Å². The quantitative estimate of drug-likeness (QED) is 0.0712. The molecule has 5 rings (SSSR count). The van der Waals surface area contributed by atoms with E-state index >= 15 is 0 Å². The fraction of sp³-hybridized carbons (Fsp3) is 0.472. The van der Waals surface area contributed by atoms with Crippen molar-refractivity contribution in [3.63, 3.8) is 0 Å². The van der Waals surface area contributed by atoms with Gasteiger partial charge >= 0.3 is 0 Å². The predicted molar refractivity (Wildman–Crippen MR) is 265 cm³/mol.